The van der Waals surface area contributed by atoms with E-state index in [1.165, 1.54) is 19.2 Å². The minimum Gasteiger partial charge on any atom is -0.497 e. The molecule has 182 valence electrons. The van der Waals surface area contributed by atoms with Gasteiger partial charge in [0.1, 0.15) is 23.1 Å². The Labute approximate surface area is 202 Å². The summed E-state index contributed by atoms with van der Waals surface area (Å²) in [5.41, 5.74) is 1.10. The van der Waals surface area contributed by atoms with Crippen LogP contribution in [0.5, 0.6) is 11.5 Å². The molecule has 1 N–H and O–H groups in total. The number of ether oxygens (including phenoxy) is 2. The number of carbonyl (C=O) groups excluding carboxylic acids is 1. The third-order valence-electron chi connectivity index (χ3n) is 5.82. The van der Waals surface area contributed by atoms with Gasteiger partial charge in [0.2, 0.25) is 10.0 Å². The average Bonchev–Trinajstić information content (AvgIpc) is 2.84. The fourth-order valence-electron chi connectivity index (χ4n) is 3.78. The molecule has 8 nitrogen and oxygen atoms in total. The van der Waals surface area contributed by atoms with E-state index < -0.39 is 27.7 Å². The Hall–Kier alpha value is -3.69. The molecule has 0 bridgehead atoms. The molecule has 0 radical (unpaired) electrons. The van der Waals surface area contributed by atoms with Crippen molar-refractivity contribution in [2.45, 2.75) is 38.1 Å². The summed E-state index contributed by atoms with van der Waals surface area (Å²) in [4.78, 5) is 25.6. The van der Waals surface area contributed by atoms with Gasteiger partial charge < -0.3 is 13.9 Å². The third-order valence-corrected chi connectivity index (χ3v) is 7.31. The number of benzene rings is 3. The van der Waals surface area contributed by atoms with Crippen molar-refractivity contribution in [3.05, 3.63) is 76.1 Å². The summed E-state index contributed by atoms with van der Waals surface area (Å²) in [6.07, 6.45) is 0.179. The number of methoxy groups -OCH3 is 1. The Morgan fingerprint density at radius 3 is 2.34 bits per heavy atom. The lowest BCUT2D eigenvalue weighted by Crippen LogP contribution is -2.42. The lowest BCUT2D eigenvalue weighted by atomic mass is 10.0. The van der Waals surface area contributed by atoms with E-state index in [-0.39, 0.29) is 22.6 Å². The number of carbonyl (C=O) groups is 1. The highest BCUT2D eigenvalue weighted by molar-refractivity contribution is 7.89. The topological polar surface area (TPSA) is 112 Å². The largest absolute Gasteiger partial charge is 0.497 e. The second-order valence-corrected chi connectivity index (χ2v) is 9.90. The fourth-order valence-corrected chi connectivity index (χ4v) is 5.05. The van der Waals surface area contributed by atoms with E-state index in [0.29, 0.717) is 27.5 Å². The van der Waals surface area contributed by atoms with Gasteiger partial charge in [-0.3, -0.25) is 0 Å². The molecule has 35 heavy (non-hydrogen) atoms. The van der Waals surface area contributed by atoms with E-state index in [4.69, 9.17) is 13.9 Å². The highest BCUT2D eigenvalue weighted by Crippen LogP contribution is 2.32. The predicted octanol–water partition coefficient (Wildman–Crippen LogP) is 4.23. The first-order chi connectivity index (χ1) is 16.6. The number of aryl methyl sites for hydroxylation is 2. The number of sulfonamides is 1. The lowest BCUT2D eigenvalue weighted by Gasteiger charge is -2.17. The van der Waals surface area contributed by atoms with Crippen LogP contribution in [0.25, 0.3) is 21.7 Å². The SMILES string of the molecule is CC[C@H](NS(=O)(=O)c1ccc(C)cc1)C(=O)Oc1ccc2c(oc(=O)c3cc(OC)ccc32)c1C. The monoisotopic (exact) mass is 495 g/mol. The van der Waals surface area contributed by atoms with Gasteiger partial charge in [0, 0.05) is 16.3 Å². The first-order valence-corrected chi connectivity index (χ1v) is 12.5. The van der Waals surface area contributed by atoms with Crippen molar-refractivity contribution < 1.29 is 27.1 Å². The molecular weight excluding hydrogens is 470 g/mol. The molecule has 4 rings (SSSR count). The molecule has 1 aromatic heterocycles. The van der Waals surface area contributed by atoms with Crippen LogP contribution >= 0.6 is 0 Å². The summed E-state index contributed by atoms with van der Waals surface area (Å²) in [5, 5.41) is 1.72. The molecule has 4 aromatic rings. The van der Waals surface area contributed by atoms with Crippen LogP contribution in [0.4, 0.5) is 0 Å². The van der Waals surface area contributed by atoms with Gasteiger partial charge in [-0.1, -0.05) is 24.6 Å². The smallest absolute Gasteiger partial charge is 0.344 e. The highest BCUT2D eigenvalue weighted by Gasteiger charge is 2.27. The molecule has 0 aliphatic carbocycles. The molecule has 3 aromatic carbocycles. The van der Waals surface area contributed by atoms with Gasteiger partial charge in [0.15, 0.2) is 0 Å². The maximum absolute atomic E-state index is 12.9. The van der Waals surface area contributed by atoms with Crippen LogP contribution in [0.1, 0.15) is 24.5 Å². The normalized spacial score (nSPS) is 12.6. The number of rotatable bonds is 7. The molecule has 0 amide bonds. The van der Waals surface area contributed by atoms with Crippen molar-refractivity contribution in [3.63, 3.8) is 0 Å². The predicted molar refractivity (Wildman–Crippen MR) is 132 cm³/mol. The minimum absolute atomic E-state index is 0.0570. The second-order valence-electron chi connectivity index (χ2n) is 8.18. The summed E-state index contributed by atoms with van der Waals surface area (Å²) in [5.74, 6) is -0.0601. The van der Waals surface area contributed by atoms with Gasteiger partial charge in [0.25, 0.3) is 0 Å². The van der Waals surface area contributed by atoms with Crippen molar-refractivity contribution in [1.29, 1.82) is 0 Å². The van der Waals surface area contributed by atoms with Crippen molar-refractivity contribution in [3.8, 4) is 11.5 Å². The van der Waals surface area contributed by atoms with Gasteiger partial charge in [-0.05, 0) is 62.7 Å². The van der Waals surface area contributed by atoms with Crippen LogP contribution in [0, 0.1) is 13.8 Å². The molecule has 1 heterocycles. The molecule has 0 saturated carbocycles. The zero-order chi connectivity index (χ0) is 25.3. The zero-order valence-electron chi connectivity index (χ0n) is 19.7. The number of hydrogen-bond acceptors (Lipinski definition) is 7. The number of nitrogens with one attached hydrogen (secondary N) is 1. The Morgan fingerprint density at radius 1 is 1.00 bits per heavy atom. The molecule has 0 unspecified atom stereocenters. The zero-order valence-corrected chi connectivity index (χ0v) is 20.6. The van der Waals surface area contributed by atoms with Crippen molar-refractivity contribution in [1.82, 2.24) is 4.72 Å². The van der Waals surface area contributed by atoms with Gasteiger partial charge in [-0.25, -0.2) is 18.0 Å². The maximum Gasteiger partial charge on any atom is 0.344 e. The van der Waals surface area contributed by atoms with E-state index in [9.17, 15) is 18.0 Å². The van der Waals surface area contributed by atoms with E-state index in [2.05, 4.69) is 4.72 Å². The molecule has 0 saturated heterocycles. The minimum atomic E-state index is -3.93. The molecule has 1 atom stereocenters. The summed E-state index contributed by atoms with van der Waals surface area (Å²) in [6, 6.07) is 13.6. The van der Waals surface area contributed by atoms with E-state index in [1.807, 2.05) is 6.92 Å². The molecule has 0 spiro atoms. The Kier molecular flexibility index (Phi) is 6.64. The van der Waals surface area contributed by atoms with E-state index >= 15 is 0 Å². The van der Waals surface area contributed by atoms with E-state index in [0.717, 1.165) is 5.56 Å². The van der Waals surface area contributed by atoms with Crippen LogP contribution in [0.2, 0.25) is 0 Å². The Morgan fingerprint density at radius 2 is 1.69 bits per heavy atom. The van der Waals surface area contributed by atoms with E-state index in [1.54, 1.807) is 56.3 Å². The van der Waals surface area contributed by atoms with Crippen molar-refractivity contribution in [2.75, 3.05) is 7.11 Å². The molecule has 0 aliphatic heterocycles. The van der Waals surface area contributed by atoms with Crippen LogP contribution in [-0.4, -0.2) is 27.5 Å². The van der Waals surface area contributed by atoms with Crippen molar-refractivity contribution >= 4 is 37.7 Å². The molecule has 0 aliphatic rings. The first kappa shape index (κ1) is 24.4. The highest BCUT2D eigenvalue weighted by atomic mass is 32.2. The lowest BCUT2D eigenvalue weighted by molar-refractivity contribution is -0.136. The number of esters is 1. The summed E-state index contributed by atoms with van der Waals surface area (Å²) < 4.78 is 44.2. The second kappa shape index (κ2) is 9.52. The molecule has 0 fully saturated rings. The van der Waals surface area contributed by atoms with Crippen molar-refractivity contribution in [2.24, 2.45) is 0 Å². The van der Waals surface area contributed by atoms with Gasteiger partial charge in [0.05, 0.1) is 17.4 Å². The Balaban J connectivity index is 1.64. The standard InChI is InChI=1S/C26H25NO7S/c1-5-22(27-35(30,31)18-9-6-15(2)7-10-18)26(29)33-23-13-12-20-19-11-8-17(32-4)14-21(19)25(28)34-24(20)16(23)3/h6-14,22,27H,5H2,1-4H3/t22-/m0/s1. The van der Waals surface area contributed by atoms with Crippen LogP contribution in [0.3, 0.4) is 0 Å². The number of hydrogen-bond donors (Lipinski definition) is 1. The number of fused-ring (bicyclic) bond motifs is 3. The Bertz CT molecular complexity index is 1590. The molecular formula is C26H25NO7S. The summed E-state index contributed by atoms with van der Waals surface area (Å²) in [6.45, 7) is 5.20. The van der Waals surface area contributed by atoms with Crippen LogP contribution in [0.15, 0.2) is 68.7 Å². The van der Waals surface area contributed by atoms with Gasteiger partial charge >= 0.3 is 11.6 Å². The third kappa shape index (κ3) is 4.78. The van der Waals surface area contributed by atoms with Crippen LogP contribution < -0.4 is 19.8 Å². The quantitative estimate of drug-likeness (QED) is 0.177. The first-order valence-electron chi connectivity index (χ1n) is 11.0. The summed E-state index contributed by atoms with van der Waals surface area (Å²) >= 11 is 0. The maximum atomic E-state index is 12.9. The average molecular weight is 496 g/mol. The van der Waals surface area contributed by atoms with Gasteiger partial charge in [-0.2, -0.15) is 4.72 Å². The molecule has 9 heteroatoms. The van der Waals surface area contributed by atoms with Crippen LogP contribution in [-0.2, 0) is 14.8 Å². The fraction of sp³-hybridized carbons (Fsp3) is 0.231. The van der Waals surface area contributed by atoms with Gasteiger partial charge in [-0.15, -0.1) is 0 Å². The summed E-state index contributed by atoms with van der Waals surface area (Å²) in [7, 11) is -2.41.